The molecule has 5 nitrogen and oxygen atoms in total. The maximum absolute atomic E-state index is 12.2. The van der Waals surface area contributed by atoms with Gasteiger partial charge in [0.1, 0.15) is 10.8 Å². The van der Waals surface area contributed by atoms with Gasteiger partial charge in [0.15, 0.2) is 6.61 Å². The number of carbonyl (C=O) groups excluding carboxylic acids is 1. The Labute approximate surface area is 167 Å². The molecular weight excluding hydrogens is 382 g/mol. The highest BCUT2D eigenvalue weighted by Crippen LogP contribution is 2.28. The third-order valence-corrected chi connectivity index (χ3v) is 5.05. The van der Waals surface area contributed by atoms with Crippen LogP contribution in [0.2, 0.25) is 5.02 Å². The van der Waals surface area contributed by atoms with Gasteiger partial charge in [0.25, 0.3) is 5.91 Å². The Morgan fingerprint density at radius 3 is 2.63 bits per heavy atom. The van der Waals surface area contributed by atoms with Crippen molar-refractivity contribution in [1.29, 1.82) is 0 Å². The third-order valence-electron chi connectivity index (χ3n) is 3.91. The Morgan fingerprint density at radius 1 is 1.19 bits per heavy atom. The minimum atomic E-state index is -0.273. The van der Waals surface area contributed by atoms with E-state index in [1.165, 1.54) is 11.3 Å². The highest BCUT2D eigenvalue weighted by Gasteiger charge is 2.13. The lowest BCUT2D eigenvalue weighted by Gasteiger charge is -2.14. The fraction of sp³-hybridized carbons (Fsp3) is 0.250. The highest BCUT2D eigenvalue weighted by atomic mass is 35.5. The van der Waals surface area contributed by atoms with Crippen LogP contribution in [-0.2, 0) is 4.79 Å². The zero-order chi connectivity index (χ0) is 19.4. The predicted octanol–water partition coefficient (Wildman–Crippen LogP) is 5.31. The summed E-state index contributed by atoms with van der Waals surface area (Å²) in [5, 5.41) is 12.7. The Balaban J connectivity index is 1.62. The van der Waals surface area contributed by atoms with Crippen molar-refractivity contribution in [1.82, 2.24) is 10.2 Å². The number of rotatable bonds is 6. The van der Waals surface area contributed by atoms with Gasteiger partial charge in [-0.3, -0.25) is 10.1 Å². The molecule has 0 spiro atoms. The molecule has 2 aromatic carbocycles. The van der Waals surface area contributed by atoms with E-state index in [4.69, 9.17) is 16.3 Å². The van der Waals surface area contributed by atoms with E-state index in [-0.39, 0.29) is 12.5 Å². The van der Waals surface area contributed by atoms with Crippen molar-refractivity contribution < 1.29 is 9.53 Å². The van der Waals surface area contributed by atoms with E-state index in [2.05, 4.69) is 29.4 Å². The molecule has 3 rings (SSSR count). The average molecular weight is 402 g/mol. The number of anilines is 1. The number of nitrogens with one attached hydrogen (secondary N) is 1. The van der Waals surface area contributed by atoms with Crippen LogP contribution in [-0.4, -0.2) is 22.7 Å². The molecule has 0 atom stereocenters. The van der Waals surface area contributed by atoms with Gasteiger partial charge in [0.05, 0.1) is 0 Å². The van der Waals surface area contributed by atoms with Gasteiger partial charge < -0.3 is 4.74 Å². The number of benzene rings is 2. The number of aryl methyl sites for hydroxylation is 1. The van der Waals surface area contributed by atoms with E-state index >= 15 is 0 Å². The number of hydrogen-bond acceptors (Lipinski definition) is 5. The van der Waals surface area contributed by atoms with E-state index in [0.29, 0.717) is 21.1 Å². The average Bonchev–Trinajstić information content (AvgIpc) is 3.08. The molecule has 0 saturated carbocycles. The maximum atomic E-state index is 12.2. The molecule has 1 amide bonds. The number of aromatic nitrogens is 2. The van der Waals surface area contributed by atoms with Gasteiger partial charge in [-0.25, -0.2) is 0 Å². The molecule has 0 fully saturated rings. The molecule has 140 valence electrons. The first-order valence-electron chi connectivity index (χ1n) is 8.55. The zero-order valence-corrected chi connectivity index (χ0v) is 16.9. The van der Waals surface area contributed by atoms with Crippen LogP contribution in [0.3, 0.4) is 0 Å². The van der Waals surface area contributed by atoms with Gasteiger partial charge >= 0.3 is 0 Å². The largest absolute Gasteiger partial charge is 0.483 e. The van der Waals surface area contributed by atoms with Crippen LogP contribution in [0.4, 0.5) is 5.13 Å². The van der Waals surface area contributed by atoms with E-state index < -0.39 is 0 Å². The fourth-order valence-corrected chi connectivity index (χ4v) is 3.42. The summed E-state index contributed by atoms with van der Waals surface area (Å²) in [5.74, 6) is 0.776. The number of amides is 1. The molecular formula is C20H20ClN3O2S. The summed E-state index contributed by atoms with van der Waals surface area (Å²) in [6, 6.07) is 13.3. The number of hydrogen-bond donors (Lipinski definition) is 1. The van der Waals surface area contributed by atoms with E-state index in [1.54, 1.807) is 12.1 Å². The van der Waals surface area contributed by atoms with Crippen LogP contribution >= 0.6 is 22.9 Å². The van der Waals surface area contributed by atoms with E-state index in [9.17, 15) is 4.79 Å². The topological polar surface area (TPSA) is 64.1 Å². The van der Waals surface area contributed by atoms with Gasteiger partial charge in [-0.05, 0) is 42.2 Å². The lowest BCUT2D eigenvalue weighted by atomic mass is 10.0. The Bertz CT molecular complexity index is 939. The quantitative estimate of drug-likeness (QED) is 0.608. The summed E-state index contributed by atoms with van der Waals surface area (Å²) < 4.78 is 5.75. The molecule has 0 radical (unpaired) electrons. The van der Waals surface area contributed by atoms with Crippen LogP contribution in [0.1, 0.15) is 30.9 Å². The number of ether oxygens (including phenoxy) is 1. The summed E-state index contributed by atoms with van der Waals surface area (Å²) in [6.07, 6.45) is 0. The van der Waals surface area contributed by atoms with Crippen molar-refractivity contribution in [2.75, 3.05) is 11.9 Å². The van der Waals surface area contributed by atoms with Gasteiger partial charge in [-0.15, -0.1) is 10.2 Å². The number of halogens is 1. The molecule has 0 unspecified atom stereocenters. The van der Waals surface area contributed by atoms with Crippen molar-refractivity contribution in [3.05, 3.63) is 58.6 Å². The van der Waals surface area contributed by atoms with Crippen LogP contribution in [0.15, 0.2) is 42.5 Å². The number of nitrogens with zero attached hydrogens (tertiary/aromatic N) is 2. The van der Waals surface area contributed by atoms with Crippen molar-refractivity contribution in [2.45, 2.75) is 26.7 Å². The van der Waals surface area contributed by atoms with Gasteiger partial charge in [0, 0.05) is 10.6 Å². The monoisotopic (exact) mass is 401 g/mol. The van der Waals surface area contributed by atoms with Crippen molar-refractivity contribution >= 4 is 34.0 Å². The Kier molecular flexibility index (Phi) is 6.08. The van der Waals surface area contributed by atoms with E-state index in [1.807, 2.05) is 37.3 Å². The number of carbonyl (C=O) groups is 1. The molecule has 7 heteroatoms. The molecule has 0 aliphatic heterocycles. The van der Waals surface area contributed by atoms with Crippen LogP contribution in [0, 0.1) is 6.92 Å². The van der Waals surface area contributed by atoms with Crippen LogP contribution in [0.25, 0.3) is 10.6 Å². The Morgan fingerprint density at radius 2 is 1.93 bits per heavy atom. The second-order valence-electron chi connectivity index (χ2n) is 6.45. The lowest BCUT2D eigenvalue weighted by molar-refractivity contribution is -0.118. The van der Waals surface area contributed by atoms with E-state index in [0.717, 1.165) is 22.4 Å². The van der Waals surface area contributed by atoms with Gasteiger partial charge in [-0.2, -0.15) is 0 Å². The second-order valence-corrected chi connectivity index (χ2v) is 7.87. The van der Waals surface area contributed by atoms with Gasteiger partial charge in [-0.1, -0.05) is 61.1 Å². The van der Waals surface area contributed by atoms with Crippen molar-refractivity contribution in [3.8, 4) is 16.3 Å². The molecule has 0 saturated heterocycles. The minimum Gasteiger partial charge on any atom is -0.483 e. The van der Waals surface area contributed by atoms with Crippen molar-refractivity contribution in [2.24, 2.45) is 0 Å². The minimum absolute atomic E-state index is 0.0843. The molecule has 1 N–H and O–H groups in total. The molecule has 0 bridgehead atoms. The SMILES string of the molecule is Cc1ccc(C(C)C)c(OCC(=O)Nc2nnc(-c3ccc(Cl)cc3)s2)c1. The molecule has 0 aliphatic carbocycles. The normalized spacial score (nSPS) is 10.9. The first-order valence-corrected chi connectivity index (χ1v) is 9.74. The van der Waals surface area contributed by atoms with Crippen LogP contribution in [0.5, 0.6) is 5.75 Å². The fourth-order valence-electron chi connectivity index (χ4n) is 2.53. The maximum Gasteiger partial charge on any atom is 0.264 e. The molecule has 0 aliphatic rings. The van der Waals surface area contributed by atoms with Crippen molar-refractivity contribution in [3.63, 3.8) is 0 Å². The molecule has 1 aromatic heterocycles. The molecule has 3 aromatic rings. The Hall–Kier alpha value is -2.44. The van der Waals surface area contributed by atoms with Crippen LogP contribution < -0.4 is 10.1 Å². The smallest absolute Gasteiger partial charge is 0.264 e. The standard InChI is InChI=1S/C20H20ClN3O2S/c1-12(2)16-9-4-13(3)10-17(16)26-11-18(25)22-20-24-23-19(27-20)14-5-7-15(21)8-6-14/h4-10,12H,11H2,1-3H3,(H,22,24,25). The first-order chi connectivity index (χ1) is 12.9. The summed E-state index contributed by atoms with van der Waals surface area (Å²) >= 11 is 7.19. The second kappa shape index (κ2) is 8.50. The molecule has 27 heavy (non-hydrogen) atoms. The highest BCUT2D eigenvalue weighted by molar-refractivity contribution is 7.18. The lowest BCUT2D eigenvalue weighted by Crippen LogP contribution is -2.20. The summed E-state index contributed by atoms with van der Waals surface area (Å²) in [7, 11) is 0. The first kappa shape index (κ1) is 19.3. The summed E-state index contributed by atoms with van der Waals surface area (Å²) in [4.78, 5) is 12.2. The molecule has 1 heterocycles. The predicted molar refractivity (Wildman–Crippen MR) is 110 cm³/mol. The zero-order valence-electron chi connectivity index (χ0n) is 15.3. The summed E-state index contributed by atoms with van der Waals surface area (Å²) in [5.41, 5.74) is 3.07. The third kappa shape index (κ3) is 5.05. The van der Waals surface area contributed by atoms with Gasteiger partial charge in [0.2, 0.25) is 5.13 Å². The summed E-state index contributed by atoms with van der Waals surface area (Å²) in [6.45, 7) is 6.10.